The maximum Gasteiger partial charge on any atom is 0.321 e. The van der Waals surface area contributed by atoms with E-state index in [0.717, 1.165) is 5.56 Å². The van der Waals surface area contributed by atoms with E-state index in [4.69, 9.17) is 4.74 Å². The van der Waals surface area contributed by atoms with Crippen molar-refractivity contribution in [3.05, 3.63) is 48.0 Å². The first kappa shape index (κ1) is 19.6. The average molecular weight is 381 g/mol. The van der Waals surface area contributed by atoms with Crippen LogP contribution in [0.4, 0.5) is 16.2 Å². The van der Waals surface area contributed by atoms with Crippen molar-refractivity contribution < 1.29 is 20.8 Å². The van der Waals surface area contributed by atoms with Gasteiger partial charge in [0.25, 0.3) is 10.0 Å². The van der Waals surface area contributed by atoms with Crippen molar-refractivity contribution in [3.63, 3.8) is 0 Å². The highest BCUT2D eigenvalue weighted by molar-refractivity contribution is 7.92. The van der Waals surface area contributed by atoms with Gasteiger partial charge in [0, 0.05) is 27.8 Å². The number of urea groups is 1. The normalized spacial score (nSPS) is 13.1. The van der Waals surface area contributed by atoms with E-state index in [2.05, 4.69) is 10.0 Å². The number of carbonyl (C=O) groups excluding carboxylic acids is 1. The van der Waals surface area contributed by atoms with Gasteiger partial charge in [-0.1, -0.05) is 26.0 Å². The molecule has 2 aromatic carbocycles. The van der Waals surface area contributed by atoms with Crippen molar-refractivity contribution in [1.82, 2.24) is 4.90 Å². The molecule has 3 rings (SSSR count). The molecule has 1 heterocycles. The number of hydrogen-bond acceptors (Lipinski definition) is 4. The van der Waals surface area contributed by atoms with E-state index in [1.165, 1.54) is 18.1 Å². The lowest BCUT2D eigenvalue weighted by molar-refractivity contribution is 0.218. The Kier molecular flexibility index (Phi) is 6.10. The maximum absolute atomic E-state index is 12.6. The van der Waals surface area contributed by atoms with Gasteiger partial charge in [-0.05, 0) is 35.9 Å². The van der Waals surface area contributed by atoms with E-state index in [1.807, 2.05) is 13.8 Å². The first-order chi connectivity index (χ1) is 12.4. The number of nitrogens with zero attached hydrogens (tertiary/aromatic N) is 1. The lowest BCUT2D eigenvalue weighted by Gasteiger charge is -2.26. The van der Waals surface area contributed by atoms with Gasteiger partial charge in [-0.15, -0.1) is 0 Å². The number of para-hydroxylation sites is 1. The Hall–Kier alpha value is -2.74. The molecule has 0 saturated heterocycles. The van der Waals surface area contributed by atoms with Crippen LogP contribution in [0.2, 0.25) is 0 Å². The first-order valence-corrected chi connectivity index (χ1v) is 9.70. The van der Waals surface area contributed by atoms with Crippen molar-refractivity contribution in [3.8, 4) is 5.75 Å². The van der Waals surface area contributed by atoms with E-state index in [-0.39, 0.29) is 19.5 Å². The molecule has 0 fully saturated rings. The van der Waals surface area contributed by atoms with Crippen LogP contribution in [0.1, 0.15) is 22.3 Å². The molecule has 0 saturated carbocycles. The molecule has 0 bridgehead atoms. The van der Waals surface area contributed by atoms with Gasteiger partial charge in [0.15, 0.2) is 0 Å². The van der Waals surface area contributed by atoms with Gasteiger partial charge >= 0.3 is 6.03 Å². The predicted molar refractivity (Wildman–Crippen MR) is 106 cm³/mol. The molecular weight excluding hydrogens is 354 g/mol. The van der Waals surface area contributed by atoms with Gasteiger partial charge in [0.1, 0.15) is 10.6 Å². The second kappa shape index (κ2) is 8.09. The van der Waals surface area contributed by atoms with Crippen LogP contribution >= 0.6 is 0 Å². The molecule has 0 atom stereocenters. The second-order valence-corrected chi connectivity index (χ2v) is 7.07. The van der Waals surface area contributed by atoms with Crippen molar-refractivity contribution in [2.45, 2.75) is 25.3 Å². The van der Waals surface area contributed by atoms with Crippen LogP contribution < -0.4 is 14.8 Å². The summed E-state index contributed by atoms with van der Waals surface area (Å²) >= 11 is 0. The van der Waals surface area contributed by atoms with Crippen LogP contribution in [0.3, 0.4) is 0 Å². The zero-order valence-corrected chi connectivity index (χ0v) is 16.1. The summed E-state index contributed by atoms with van der Waals surface area (Å²) in [6.45, 7) is 4.41. The molecule has 144 valence electrons. The number of methoxy groups -OCH3 is 1. The molecule has 2 N–H and O–H groups in total. The number of ether oxygens (including phenoxy) is 1. The van der Waals surface area contributed by atoms with Gasteiger partial charge in [-0.2, -0.15) is 0 Å². The van der Waals surface area contributed by atoms with E-state index in [0.29, 0.717) is 17.9 Å². The molecule has 0 aromatic heterocycles. The van der Waals surface area contributed by atoms with Crippen molar-refractivity contribution in [2.24, 2.45) is 0 Å². The quantitative estimate of drug-likeness (QED) is 0.838. The zero-order chi connectivity index (χ0) is 19.3. The Morgan fingerprint density at radius 1 is 1.19 bits per heavy atom. The molecule has 0 spiro atoms. The molecule has 2 aromatic rings. The molecule has 8 heteroatoms. The number of carbonyl (C=O) groups is 1. The Bertz CT molecular complexity index is 907. The summed E-state index contributed by atoms with van der Waals surface area (Å²) in [7, 11) is -0.690. The van der Waals surface area contributed by atoms with Crippen molar-refractivity contribution in [2.75, 3.05) is 24.2 Å². The van der Waals surface area contributed by atoms with E-state index in [9.17, 15) is 13.2 Å². The number of amides is 2. The monoisotopic (exact) mass is 381 g/mol. The van der Waals surface area contributed by atoms with Gasteiger partial charge in [-0.3, -0.25) is 4.72 Å². The van der Waals surface area contributed by atoms with Crippen LogP contribution in [-0.2, 0) is 16.6 Å². The fourth-order valence-electron chi connectivity index (χ4n) is 2.50. The highest BCUT2D eigenvalue weighted by atomic mass is 32.2. The Morgan fingerprint density at radius 2 is 1.88 bits per heavy atom. The van der Waals surface area contributed by atoms with Crippen molar-refractivity contribution in [1.29, 1.82) is 0 Å². The van der Waals surface area contributed by atoms with Crippen LogP contribution in [0.25, 0.3) is 0 Å². The minimum atomic E-state index is -3.78. The predicted octanol–water partition coefficient (Wildman–Crippen LogP) is 3.99. The van der Waals surface area contributed by atoms with E-state index >= 15 is 0 Å². The SMILES string of the molecule is CC.COc1ccccc1S(=O)(=O)Nc1ccc2c(c1)CN(C)C(=O)N2.[HH].[HH]. The van der Waals surface area contributed by atoms with E-state index < -0.39 is 10.0 Å². The number of rotatable bonds is 4. The minimum absolute atomic E-state index is 0. The molecule has 0 unspecified atom stereocenters. The standard InChI is InChI=1S/C16H17N3O4S.C2H6.2H2/c1-19-10-11-9-12(7-8-13(11)17-16(19)20)18-24(21,22)15-6-4-3-5-14(15)23-2;1-2;;/h3-9,18H,10H2,1-2H3,(H,17,20);1-2H3;2*1H. The third kappa shape index (κ3) is 4.08. The molecule has 26 heavy (non-hydrogen) atoms. The zero-order valence-electron chi connectivity index (χ0n) is 15.2. The summed E-state index contributed by atoms with van der Waals surface area (Å²) in [6.07, 6.45) is 0. The molecule has 2 amide bonds. The highest BCUT2D eigenvalue weighted by Gasteiger charge is 2.22. The highest BCUT2D eigenvalue weighted by Crippen LogP contribution is 2.29. The summed E-state index contributed by atoms with van der Waals surface area (Å²) < 4.78 is 32.8. The molecule has 0 radical (unpaired) electrons. The lowest BCUT2D eigenvalue weighted by Crippen LogP contribution is -2.35. The Labute approximate surface area is 157 Å². The van der Waals surface area contributed by atoms with Crippen LogP contribution in [-0.4, -0.2) is 33.5 Å². The van der Waals surface area contributed by atoms with Gasteiger partial charge in [0.05, 0.1) is 7.11 Å². The van der Waals surface area contributed by atoms with Crippen LogP contribution in [0.15, 0.2) is 47.4 Å². The number of sulfonamides is 1. The summed E-state index contributed by atoms with van der Waals surface area (Å²) in [6, 6.07) is 11.2. The second-order valence-electron chi connectivity index (χ2n) is 5.41. The number of fused-ring (bicyclic) bond motifs is 1. The summed E-state index contributed by atoms with van der Waals surface area (Å²) in [5, 5.41) is 2.74. The van der Waals surface area contributed by atoms with Gasteiger partial charge < -0.3 is 15.0 Å². The number of hydrogen-bond donors (Lipinski definition) is 2. The molecule has 0 aliphatic carbocycles. The van der Waals surface area contributed by atoms with Crippen LogP contribution in [0.5, 0.6) is 5.75 Å². The average Bonchev–Trinajstić information content (AvgIpc) is 2.64. The third-order valence-corrected chi connectivity index (χ3v) is 5.13. The molecule has 7 nitrogen and oxygen atoms in total. The summed E-state index contributed by atoms with van der Waals surface area (Å²) in [5.74, 6) is 0.273. The van der Waals surface area contributed by atoms with Crippen LogP contribution in [0, 0.1) is 0 Å². The van der Waals surface area contributed by atoms with Gasteiger partial charge in [-0.25, -0.2) is 13.2 Å². The largest absolute Gasteiger partial charge is 0.495 e. The number of benzene rings is 2. The molecule has 1 aliphatic rings. The van der Waals surface area contributed by atoms with Crippen molar-refractivity contribution >= 4 is 27.4 Å². The first-order valence-electron chi connectivity index (χ1n) is 8.21. The fraction of sp³-hybridized carbons (Fsp3) is 0.278. The minimum Gasteiger partial charge on any atom is -0.495 e. The Morgan fingerprint density at radius 3 is 2.58 bits per heavy atom. The number of anilines is 2. The smallest absolute Gasteiger partial charge is 0.321 e. The van der Waals surface area contributed by atoms with E-state index in [1.54, 1.807) is 43.4 Å². The third-order valence-electron chi connectivity index (χ3n) is 3.71. The molecule has 1 aliphatic heterocycles. The Balaban J connectivity index is 0.00000177. The number of nitrogens with one attached hydrogen (secondary N) is 2. The topological polar surface area (TPSA) is 87.7 Å². The lowest BCUT2D eigenvalue weighted by atomic mass is 10.1. The summed E-state index contributed by atoms with van der Waals surface area (Å²) in [4.78, 5) is 13.2. The summed E-state index contributed by atoms with van der Waals surface area (Å²) in [5.41, 5.74) is 1.93. The molecular formula is C18H27N3O4S. The fourth-order valence-corrected chi connectivity index (χ4v) is 3.72. The maximum atomic E-state index is 12.6. The van der Waals surface area contributed by atoms with Gasteiger partial charge in [0.2, 0.25) is 0 Å².